The fourth-order valence-corrected chi connectivity index (χ4v) is 4.25. The summed E-state index contributed by atoms with van der Waals surface area (Å²) in [5.74, 6) is 1.46. The zero-order valence-electron chi connectivity index (χ0n) is 20.8. The molecule has 1 N–H and O–H groups in total. The number of nitrogens with zero attached hydrogens (tertiary/aromatic N) is 1. The zero-order chi connectivity index (χ0) is 25.5. The molecular weight excluding hydrogens is 458 g/mol. The topological polar surface area (TPSA) is 77.5 Å². The molecule has 3 aromatic carbocycles. The normalized spacial score (nSPS) is 12.7. The zero-order valence-corrected chi connectivity index (χ0v) is 20.8. The van der Waals surface area contributed by atoms with E-state index in [2.05, 4.69) is 0 Å². The molecule has 0 fully saturated rings. The molecule has 4 rings (SSSR count). The van der Waals surface area contributed by atoms with Crippen LogP contribution in [0.15, 0.2) is 72.4 Å². The molecular formula is C29H31NO6. The van der Waals surface area contributed by atoms with E-state index in [4.69, 9.17) is 18.9 Å². The third kappa shape index (κ3) is 5.57. The van der Waals surface area contributed by atoms with Gasteiger partial charge in [0.2, 0.25) is 0 Å². The minimum atomic E-state index is -0.549. The lowest BCUT2D eigenvalue weighted by Crippen LogP contribution is -2.34. The Balaban J connectivity index is 1.58. The first-order chi connectivity index (χ1) is 17.5. The molecule has 0 unspecified atom stereocenters. The van der Waals surface area contributed by atoms with Crippen LogP contribution < -0.4 is 14.2 Å². The van der Waals surface area contributed by atoms with E-state index in [1.165, 1.54) is 0 Å². The highest BCUT2D eigenvalue weighted by atomic mass is 16.5. The molecule has 36 heavy (non-hydrogen) atoms. The smallest absolute Gasteiger partial charge is 0.358 e. The number of aliphatic hydroxyl groups excluding tert-OH is 1. The van der Waals surface area contributed by atoms with E-state index in [-0.39, 0.29) is 18.1 Å². The van der Waals surface area contributed by atoms with E-state index >= 15 is 0 Å². The predicted molar refractivity (Wildman–Crippen MR) is 137 cm³/mol. The number of carbonyl (C=O) groups excluding carboxylic acids is 1. The van der Waals surface area contributed by atoms with Crippen LogP contribution in [0.4, 0.5) is 0 Å². The predicted octanol–water partition coefficient (Wildman–Crippen LogP) is 5.13. The van der Waals surface area contributed by atoms with E-state index in [9.17, 15) is 9.90 Å². The quantitative estimate of drug-likeness (QED) is 0.396. The number of hydrogen-bond donors (Lipinski definition) is 1. The largest absolute Gasteiger partial charge is 0.505 e. The number of methoxy groups -OCH3 is 2. The summed E-state index contributed by atoms with van der Waals surface area (Å²) in [5, 5.41) is 11.1. The van der Waals surface area contributed by atoms with Crippen molar-refractivity contribution in [3.05, 3.63) is 94.7 Å². The molecule has 0 radical (unpaired) electrons. The van der Waals surface area contributed by atoms with Crippen LogP contribution in [0.5, 0.6) is 17.2 Å². The maximum Gasteiger partial charge on any atom is 0.358 e. The van der Waals surface area contributed by atoms with Crippen LogP contribution >= 0.6 is 0 Å². The first-order valence-corrected chi connectivity index (χ1v) is 11.9. The SMILES string of the molecule is CCOC(=O)C1=C(O)c2ccc(OCc3ccccc3)cc2CN1CCc1ccc(OC)cc1OC. The number of esters is 1. The number of hydrogen-bond acceptors (Lipinski definition) is 7. The second kappa shape index (κ2) is 11.5. The van der Waals surface area contributed by atoms with Crippen molar-refractivity contribution in [1.82, 2.24) is 4.90 Å². The molecule has 0 spiro atoms. The second-order valence-corrected chi connectivity index (χ2v) is 8.36. The van der Waals surface area contributed by atoms with E-state index in [0.717, 1.165) is 16.7 Å². The third-order valence-corrected chi connectivity index (χ3v) is 6.10. The molecule has 7 heteroatoms. The van der Waals surface area contributed by atoms with E-state index in [1.54, 1.807) is 33.3 Å². The van der Waals surface area contributed by atoms with Gasteiger partial charge in [-0.15, -0.1) is 0 Å². The molecule has 0 aromatic heterocycles. The van der Waals surface area contributed by atoms with Crippen molar-refractivity contribution in [1.29, 1.82) is 0 Å². The Bertz CT molecular complexity index is 1240. The van der Waals surface area contributed by atoms with Crippen molar-refractivity contribution >= 4 is 11.7 Å². The summed E-state index contributed by atoms with van der Waals surface area (Å²) in [5.41, 5.74) is 3.66. The minimum absolute atomic E-state index is 0.0917. The summed E-state index contributed by atoms with van der Waals surface area (Å²) in [7, 11) is 3.22. The van der Waals surface area contributed by atoms with Crippen LogP contribution in [0, 0.1) is 0 Å². The Morgan fingerprint density at radius 1 is 0.972 bits per heavy atom. The van der Waals surface area contributed by atoms with Gasteiger partial charge in [0.1, 0.15) is 23.9 Å². The fourth-order valence-electron chi connectivity index (χ4n) is 4.25. The standard InChI is InChI=1S/C29H31NO6/c1-4-35-29(32)27-28(31)25-13-12-24(36-19-20-8-6-5-7-9-20)16-22(25)18-30(27)15-14-21-10-11-23(33-2)17-26(21)34-3/h5-13,16-17,31H,4,14-15,18-19H2,1-3H3. The lowest BCUT2D eigenvalue weighted by atomic mass is 9.98. The number of fused-ring (bicyclic) bond motifs is 1. The van der Waals surface area contributed by atoms with Crippen molar-refractivity contribution in [3.63, 3.8) is 0 Å². The number of ether oxygens (including phenoxy) is 4. The summed E-state index contributed by atoms with van der Waals surface area (Å²) >= 11 is 0. The molecule has 0 saturated heterocycles. The van der Waals surface area contributed by atoms with Crippen molar-refractivity contribution in [3.8, 4) is 17.2 Å². The van der Waals surface area contributed by atoms with Crippen LogP contribution in [-0.4, -0.2) is 43.3 Å². The van der Waals surface area contributed by atoms with E-state index in [0.29, 0.717) is 48.9 Å². The van der Waals surface area contributed by atoms with E-state index in [1.807, 2.05) is 59.5 Å². The van der Waals surface area contributed by atoms with Gasteiger partial charge in [-0.1, -0.05) is 36.4 Å². The molecule has 7 nitrogen and oxygen atoms in total. The van der Waals surface area contributed by atoms with Gasteiger partial charge in [-0.2, -0.15) is 0 Å². The first-order valence-electron chi connectivity index (χ1n) is 11.9. The Hall–Kier alpha value is -4.13. The van der Waals surface area contributed by atoms with Gasteiger partial charge in [0.15, 0.2) is 11.5 Å². The monoisotopic (exact) mass is 489 g/mol. The van der Waals surface area contributed by atoms with Crippen LogP contribution in [0.25, 0.3) is 5.76 Å². The van der Waals surface area contributed by atoms with Crippen LogP contribution in [0.1, 0.15) is 29.2 Å². The molecule has 188 valence electrons. The van der Waals surface area contributed by atoms with Gasteiger partial charge in [0.25, 0.3) is 0 Å². The average molecular weight is 490 g/mol. The second-order valence-electron chi connectivity index (χ2n) is 8.36. The lowest BCUT2D eigenvalue weighted by molar-refractivity contribution is -0.140. The Morgan fingerprint density at radius 2 is 1.75 bits per heavy atom. The van der Waals surface area contributed by atoms with Gasteiger partial charge >= 0.3 is 5.97 Å². The summed E-state index contributed by atoms with van der Waals surface area (Å²) in [6, 6.07) is 21.1. The molecule has 3 aromatic rings. The van der Waals surface area contributed by atoms with Gasteiger partial charge < -0.3 is 29.0 Å². The highest BCUT2D eigenvalue weighted by molar-refractivity contribution is 5.96. The van der Waals surface area contributed by atoms with Gasteiger partial charge in [0.05, 0.1) is 20.8 Å². The molecule has 0 bridgehead atoms. The van der Waals surface area contributed by atoms with E-state index < -0.39 is 5.97 Å². The minimum Gasteiger partial charge on any atom is -0.505 e. The summed E-state index contributed by atoms with van der Waals surface area (Å²) in [6.07, 6.45) is 0.586. The fraction of sp³-hybridized carbons (Fsp3) is 0.276. The van der Waals surface area contributed by atoms with Crippen LogP contribution in [0.2, 0.25) is 0 Å². The van der Waals surface area contributed by atoms with Crippen LogP contribution in [-0.2, 0) is 29.1 Å². The number of rotatable bonds is 10. The molecule has 0 atom stereocenters. The van der Waals surface area contributed by atoms with Crippen LogP contribution in [0.3, 0.4) is 0 Å². The Morgan fingerprint density at radius 3 is 2.47 bits per heavy atom. The average Bonchev–Trinajstić information content (AvgIpc) is 2.91. The Labute approximate surface area is 211 Å². The molecule has 0 amide bonds. The number of aliphatic hydroxyl groups is 1. The third-order valence-electron chi connectivity index (χ3n) is 6.10. The Kier molecular flexibility index (Phi) is 8.00. The lowest BCUT2D eigenvalue weighted by Gasteiger charge is -2.32. The molecule has 1 heterocycles. The maximum absolute atomic E-state index is 12.8. The highest BCUT2D eigenvalue weighted by Crippen LogP contribution is 2.34. The van der Waals surface area contributed by atoms with Gasteiger partial charge in [-0.3, -0.25) is 0 Å². The maximum atomic E-state index is 12.8. The van der Waals surface area contributed by atoms with Crippen molar-refractivity contribution < 1.29 is 28.8 Å². The van der Waals surface area contributed by atoms with Gasteiger partial charge in [-0.05, 0) is 54.3 Å². The molecule has 0 saturated carbocycles. The van der Waals surface area contributed by atoms with Gasteiger partial charge in [0, 0.05) is 24.7 Å². The van der Waals surface area contributed by atoms with Crippen molar-refractivity contribution in [2.45, 2.75) is 26.5 Å². The number of carbonyl (C=O) groups is 1. The van der Waals surface area contributed by atoms with Gasteiger partial charge in [-0.25, -0.2) is 4.79 Å². The van der Waals surface area contributed by atoms with Crippen molar-refractivity contribution in [2.24, 2.45) is 0 Å². The molecule has 0 aliphatic carbocycles. The summed E-state index contributed by atoms with van der Waals surface area (Å²) in [6.45, 7) is 3.30. The molecule has 1 aliphatic heterocycles. The summed E-state index contributed by atoms with van der Waals surface area (Å²) in [4.78, 5) is 14.7. The summed E-state index contributed by atoms with van der Waals surface area (Å²) < 4.78 is 22.1. The highest BCUT2D eigenvalue weighted by Gasteiger charge is 2.31. The number of benzene rings is 3. The van der Waals surface area contributed by atoms with Crippen molar-refractivity contribution in [2.75, 3.05) is 27.4 Å². The molecule has 1 aliphatic rings. The first kappa shape index (κ1) is 25.0.